The van der Waals surface area contributed by atoms with Gasteiger partial charge in [-0.1, -0.05) is 27.7 Å². The monoisotopic (exact) mass is 251 g/mol. The Labute approximate surface area is 112 Å². The Balaban J connectivity index is 1.79. The molecule has 0 aromatic carbocycles. The summed E-state index contributed by atoms with van der Waals surface area (Å²) in [7, 11) is 0. The van der Waals surface area contributed by atoms with E-state index in [4.69, 9.17) is 4.74 Å². The number of hydrogen-bond donors (Lipinski definition) is 1. The maximum Gasteiger partial charge on any atom is 0.120 e. The SMILES string of the molecule is CC1(C)CC(C)(C)CC2(C1)NC(C1CC1)CCO2. The van der Waals surface area contributed by atoms with Gasteiger partial charge in [0.25, 0.3) is 0 Å². The van der Waals surface area contributed by atoms with Gasteiger partial charge in [0, 0.05) is 6.04 Å². The fourth-order valence-electron chi connectivity index (χ4n) is 4.92. The van der Waals surface area contributed by atoms with Crippen molar-refractivity contribution in [1.82, 2.24) is 5.32 Å². The first kappa shape index (κ1) is 12.9. The van der Waals surface area contributed by atoms with E-state index in [9.17, 15) is 0 Å². The Morgan fingerprint density at radius 3 is 2.06 bits per heavy atom. The molecule has 1 unspecified atom stereocenters. The maximum atomic E-state index is 6.27. The van der Waals surface area contributed by atoms with Crippen LogP contribution in [0.3, 0.4) is 0 Å². The van der Waals surface area contributed by atoms with Crippen LogP contribution in [0.5, 0.6) is 0 Å². The first-order chi connectivity index (χ1) is 8.29. The molecule has 2 saturated carbocycles. The summed E-state index contributed by atoms with van der Waals surface area (Å²) in [5.41, 5.74) is 0.747. The molecule has 0 aromatic heterocycles. The summed E-state index contributed by atoms with van der Waals surface area (Å²) in [6.45, 7) is 10.6. The molecule has 2 nitrogen and oxygen atoms in total. The van der Waals surface area contributed by atoms with Gasteiger partial charge in [-0.15, -0.1) is 0 Å². The summed E-state index contributed by atoms with van der Waals surface area (Å²) < 4.78 is 6.27. The third kappa shape index (κ3) is 2.60. The van der Waals surface area contributed by atoms with Crippen LogP contribution in [0, 0.1) is 16.7 Å². The van der Waals surface area contributed by atoms with Gasteiger partial charge in [-0.05, 0) is 55.3 Å². The van der Waals surface area contributed by atoms with Crippen molar-refractivity contribution in [3.63, 3.8) is 0 Å². The van der Waals surface area contributed by atoms with Gasteiger partial charge in [-0.3, -0.25) is 5.32 Å². The lowest BCUT2D eigenvalue weighted by Gasteiger charge is -2.55. The molecule has 18 heavy (non-hydrogen) atoms. The van der Waals surface area contributed by atoms with E-state index >= 15 is 0 Å². The van der Waals surface area contributed by atoms with Gasteiger partial charge in [0.2, 0.25) is 0 Å². The highest BCUT2D eigenvalue weighted by Crippen LogP contribution is 2.52. The van der Waals surface area contributed by atoms with Gasteiger partial charge in [0.05, 0.1) is 6.61 Å². The second-order valence-corrected chi connectivity index (χ2v) is 8.58. The van der Waals surface area contributed by atoms with Gasteiger partial charge >= 0.3 is 0 Å². The number of hydrogen-bond acceptors (Lipinski definition) is 2. The molecule has 3 aliphatic rings. The summed E-state index contributed by atoms with van der Waals surface area (Å²) in [6.07, 6.45) is 7.73. The van der Waals surface area contributed by atoms with Crippen LogP contribution in [0.25, 0.3) is 0 Å². The molecule has 0 radical (unpaired) electrons. The van der Waals surface area contributed by atoms with E-state index in [0.717, 1.165) is 18.6 Å². The van der Waals surface area contributed by atoms with Crippen molar-refractivity contribution in [1.29, 1.82) is 0 Å². The van der Waals surface area contributed by atoms with Crippen molar-refractivity contribution >= 4 is 0 Å². The molecule has 2 heteroatoms. The van der Waals surface area contributed by atoms with Crippen LogP contribution in [0.15, 0.2) is 0 Å². The van der Waals surface area contributed by atoms with E-state index in [1.165, 1.54) is 38.5 Å². The van der Waals surface area contributed by atoms with E-state index in [1.807, 2.05) is 0 Å². The molecule has 104 valence electrons. The Morgan fingerprint density at radius 2 is 1.50 bits per heavy atom. The Bertz CT molecular complexity index is 314. The van der Waals surface area contributed by atoms with Crippen molar-refractivity contribution in [3.05, 3.63) is 0 Å². The minimum atomic E-state index is -0.0310. The lowest BCUT2D eigenvalue weighted by atomic mass is 9.61. The first-order valence-electron chi connectivity index (χ1n) is 7.71. The van der Waals surface area contributed by atoms with Gasteiger partial charge in [0.15, 0.2) is 0 Å². The summed E-state index contributed by atoms with van der Waals surface area (Å²) in [6, 6.07) is 0.725. The molecular weight excluding hydrogens is 222 g/mol. The van der Waals surface area contributed by atoms with E-state index in [-0.39, 0.29) is 5.72 Å². The zero-order chi connectivity index (χ0) is 13.0. The van der Waals surface area contributed by atoms with E-state index in [1.54, 1.807) is 0 Å². The predicted octanol–water partition coefficient (Wildman–Crippen LogP) is 3.71. The normalized spacial score (nSPS) is 37.7. The molecular formula is C16H29NO. The fourth-order valence-corrected chi connectivity index (χ4v) is 4.92. The maximum absolute atomic E-state index is 6.27. The minimum absolute atomic E-state index is 0.0310. The van der Waals surface area contributed by atoms with Crippen LogP contribution in [-0.2, 0) is 4.74 Å². The van der Waals surface area contributed by atoms with Crippen LogP contribution in [-0.4, -0.2) is 18.4 Å². The summed E-state index contributed by atoms with van der Waals surface area (Å²) in [5, 5.41) is 3.92. The van der Waals surface area contributed by atoms with Crippen LogP contribution >= 0.6 is 0 Å². The van der Waals surface area contributed by atoms with Crippen LogP contribution in [0.1, 0.15) is 66.2 Å². The van der Waals surface area contributed by atoms with E-state index in [2.05, 4.69) is 33.0 Å². The lowest BCUT2D eigenvalue weighted by molar-refractivity contribution is -0.178. The van der Waals surface area contributed by atoms with Crippen molar-refractivity contribution in [2.75, 3.05) is 6.61 Å². The zero-order valence-corrected chi connectivity index (χ0v) is 12.5. The lowest BCUT2D eigenvalue weighted by Crippen LogP contribution is -2.62. The van der Waals surface area contributed by atoms with E-state index < -0.39 is 0 Å². The molecule has 1 aliphatic heterocycles. The van der Waals surface area contributed by atoms with E-state index in [0.29, 0.717) is 10.8 Å². The molecule has 3 rings (SSSR count). The van der Waals surface area contributed by atoms with Crippen LogP contribution in [0.4, 0.5) is 0 Å². The van der Waals surface area contributed by atoms with Crippen molar-refractivity contribution in [2.24, 2.45) is 16.7 Å². The molecule has 0 bridgehead atoms. The number of nitrogens with one attached hydrogen (secondary N) is 1. The molecule has 1 saturated heterocycles. The average molecular weight is 251 g/mol. The predicted molar refractivity (Wildman–Crippen MR) is 74.4 cm³/mol. The molecule has 2 aliphatic carbocycles. The van der Waals surface area contributed by atoms with Gasteiger partial charge < -0.3 is 4.74 Å². The zero-order valence-electron chi connectivity index (χ0n) is 12.5. The summed E-state index contributed by atoms with van der Waals surface area (Å²) in [4.78, 5) is 0. The highest BCUT2D eigenvalue weighted by Gasteiger charge is 2.51. The van der Waals surface area contributed by atoms with Crippen LogP contribution < -0.4 is 5.32 Å². The highest BCUT2D eigenvalue weighted by atomic mass is 16.5. The third-order valence-corrected chi connectivity index (χ3v) is 4.93. The molecule has 0 amide bonds. The number of rotatable bonds is 1. The fraction of sp³-hybridized carbons (Fsp3) is 1.00. The molecule has 1 spiro atoms. The molecule has 3 fully saturated rings. The standard InChI is InChI=1S/C16H29NO/c1-14(2)9-15(3,4)11-16(10-14)17-13(7-8-18-16)12-5-6-12/h12-13,17H,5-11H2,1-4H3. The summed E-state index contributed by atoms with van der Waals surface area (Å²) >= 11 is 0. The minimum Gasteiger partial charge on any atom is -0.361 e. The Hall–Kier alpha value is -0.0800. The first-order valence-corrected chi connectivity index (χ1v) is 7.71. The molecule has 1 N–H and O–H groups in total. The van der Waals surface area contributed by atoms with Crippen molar-refractivity contribution < 1.29 is 4.74 Å². The smallest absolute Gasteiger partial charge is 0.120 e. The topological polar surface area (TPSA) is 21.3 Å². The average Bonchev–Trinajstić information content (AvgIpc) is 2.93. The number of ether oxygens (including phenoxy) is 1. The molecule has 1 atom stereocenters. The van der Waals surface area contributed by atoms with Gasteiger partial charge in [-0.2, -0.15) is 0 Å². The highest BCUT2D eigenvalue weighted by molar-refractivity contribution is 5.02. The summed E-state index contributed by atoms with van der Waals surface area (Å²) in [5.74, 6) is 0.943. The van der Waals surface area contributed by atoms with Crippen molar-refractivity contribution in [2.45, 2.75) is 78.0 Å². The van der Waals surface area contributed by atoms with Crippen LogP contribution in [0.2, 0.25) is 0 Å². The van der Waals surface area contributed by atoms with Gasteiger partial charge in [0.1, 0.15) is 5.72 Å². The van der Waals surface area contributed by atoms with Crippen molar-refractivity contribution in [3.8, 4) is 0 Å². The second kappa shape index (κ2) is 3.96. The quantitative estimate of drug-likeness (QED) is 0.767. The molecule has 1 heterocycles. The third-order valence-electron chi connectivity index (χ3n) is 4.93. The Morgan fingerprint density at radius 1 is 0.889 bits per heavy atom. The largest absolute Gasteiger partial charge is 0.361 e. The second-order valence-electron chi connectivity index (χ2n) is 8.58. The molecule has 0 aromatic rings. The van der Waals surface area contributed by atoms with Gasteiger partial charge in [-0.25, -0.2) is 0 Å². The Kier molecular flexibility index (Phi) is 2.84.